The summed E-state index contributed by atoms with van der Waals surface area (Å²) in [5, 5.41) is 3.09. The molecule has 0 spiro atoms. The predicted octanol–water partition coefficient (Wildman–Crippen LogP) is 2.04. The first-order chi connectivity index (χ1) is 12.4. The van der Waals surface area contributed by atoms with Crippen LogP contribution in [0.3, 0.4) is 0 Å². The Bertz CT molecular complexity index is 880. The van der Waals surface area contributed by atoms with E-state index in [0.717, 1.165) is 12.1 Å². The lowest BCUT2D eigenvalue weighted by Gasteiger charge is -2.23. The molecule has 1 aromatic carbocycles. The number of carbonyl (C=O) groups is 1. The van der Waals surface area contributed by atoms with Gasteiger partial charge in [-0.2, -0.15) is 0 Å². The highest BCUT2D eigenvalue weighted by molar-refractivity contribution is 7.91. The van der Waals surface area contributed by atoms with Crippen LogP contribution >= 0.6 is 0 Å². The summed E-state index contributed by atoms with van der Waals surface area (Å²) < 4.78 is 23.2. The number of hydrogen-bond acceptors (Lipinski definition) is 6. The van der Waals surface area contributed by atoms with Crippen molar-refractivity contribution in [3.05, 3.63) is 47.8 Å². The van der Waals surface area contributed by atoms with Gasteiger partial charge in [0.25, 0.3) is 5.91 Å². The van der Waals surface area contributed by atoms with Crippen LogP contribution in [0.25, 0.3) is 0 Å². The normalized spacial score (nSPS) is 18.5. The molecule has 1 N–H and O–H groups in total. The minimum atomic E-state index is -3.04. The number of nitrogens with one attached hydrogen (secondary N) is 1. The predicted molar refractivity (Wildman–Crippen MR) is 100 cm³/mol. The first-order valence-electron chi connectivity index (χ1n) is 8.53. The smallest absolute Gasteiger partial charge is 0.257 e. The molecular weight excluding hydrogens is 352 g/mol. The van der Waals surface area contributed by atoms with Crippen molar-refractivity contribution in [1.82, 2.24) is 14.9 Å². The highest BCUT2D eigenvalue weighted by Gasteiger charge is 2.33. The zero-order chi connectivity index (χ0) is 18.7. The van der Waals surface area contributed by atoms with Gasteiger partial charge in [0.1, 0.15) is 0 Å². The summed E-state index contributed by atoms with van der Waals surface area (Å²) in [6.45, 7) is 2.10. The fraction of sp³-hybridized carbons (Fsp3) is 0.389. The third-order valence-electron chi connectivity index (χ3n) is 4.59. The Kier molecular flexibility index (Phi) is 5.22. The van der Waals surface area contributed by atoms with Crippen molar-refractivity contribution in [2.24, 2.45) is 0 Å². The maximum atomic E-state index is 12.5. The van der Waals surface area contributed by atoms with Crippen molar-refractivity contribution in [3.63, 3.8) is 0 Å². The van der Waals surface area contributed by atoms with Gasteiger partial charge in [-0.05, 0) is 30.5 Å². The second-order valence-corrected chi connectivity index (χ2v) is 8.67. The second kappa shape index (κ2) is 7.41. The van der Waals surface area contributed by atoms with Gasteiger partial charge in [0.05, 0.1) is 17.1 Å². The zero-order valence-electron chi connectivity index (χ0n) is 14.8. The van der Waals surface area contributed by atoms with Crippen LogP contribution in [0, 0.1) is 0 Å². The van der Waals surface area contributed by atoms with Crippen molar-refractivity contribution in [2.45, 2.75) is 25.8 Å². The molecule has 1 unspecified atom stereocenters. The lowest BCUT2D eigenvalue weighted by Crippen LogP contribution is -2.37. The van der Waals surface area contributed by atoms with E-state index in [-0.39, 0.29) is 23.5 Å². The number of rotatable bonds is 5. The monoisotopic (exact) mass is 374 g/mol. The number of aryl methyl sites for hydroxylation is 1. The first-order valence-corrected chi connectivity index (χ1v) is 10.4. The van der Waals surface area contributed by atoms with E-state index in [1.165, 1.54) is 22.9 Å². The van der Waals surface area contributed by atoms with Crippen molar-refractivity contribution in [1.29, 1.82) is 0 Å². The topological polar surface area (TPSA) is 92.3 Å². The highest BCUT2D eigenvalue weighted by atomic mass is 32.2. The van der Waals surface area contributed by atoms with Crippen LogP contribution in [-0.2, 0) is 16.3 Å². The van der Waals surface area contributed by atoms with Crippen molar-refractivity contribution >= 4 is 27.4 Å². The first kappa shape index (κ1) is 18.3. The lowest BCUT2D eigenvalue weighted by atomic mass is 10.1. The van der Waals surface area contributed by atoms with Gasteiger partial charge in [-0.25, -0.2) is 18.4 Å². The average Bonchev–Trinajstić information content (AvgIpc) is 3.01. The zero-order valence-corrected chi connectivity index (χ0v) is 15.7. The summed E-state index contributed by atoms with van der Waals surface area (Å²) in [6.07, 6.45) is 4.36. The van der Waals surface area contributed by atoms with Gasteiger partial charge in [-0.15, -0.1) is 0 Å². The highest BCUT2D eigenvalue weighted by Crippen LogP contribution is 2.19. The van der Waals surface area contributed by atoms with Gasteiger partial charge in [-0.3, -0.25) is 4.79 Å². The van der Waals surface area contributed by atoms with Crippen molar-refractivity contribution in [3.8, 4) is 0 Å². The number of carbonyl (C=O) groups excluding carboxylic acids is 1. The Labute approximate surface area is 153 Å². The van der Waals surface area contributed by atoms with E-state index in [1.807, 2.05) is 24.3 Å². The van der Waals surface area contributed by atoms with Crippen LogP contribution in [0.5, 0.6) is 0 Å². The molecular formula is C18H22N4O3S. The number of sulfone groups is 1. The molecule has 138 valence electrons. The number of nitrogens with zero attached hydrogens (tertiary/aromatic N) is 3. The van der Waals surface area contributed by atoms with E-state index in [2.05, 4.69) is 22.2 Å². The van der Waals surface area contributed by atoms with Crippen LogP contribution in [-0.4, -0.2) is 53.8 Å². The van der Waals surface area contributed by atoms with Gasteiger partial charge in [-0.1, -0.05) is 19.1 Å². The Hall–Kier alpha value is -2.48. The molecule has 1 amide bonds. The van der Waals surface area contributed by atoms with E-state index in [0.29, 0.717) is 17.9 Å². The third-order valence-corrected chi connectivity index (χ3v) is 6.34. The van der Waals surface area contributed by atoms with Crippen molar-refractivity contribution in [2.75, 3.05) is 23.9 Å². The molecule has 0 bridgehead atoms. The molecule has 2 aromatic rings. The number of aromatic nitrogens is 2. The van der Waals surface area contributed by atoms with E-state index >= 15 is 0 Å². The minimum absolute atomic E-state index is 0.0174. The summed E-state index contributed by atoms with van der Waals surface area (Å²) >= 11 is 0. The molecule has 1 aliphatic heterocycles. The largest absolute Gasteiger partial charge is 0.338 e. The fourth-order valence-electron chi connectivity index (χ4n) is 2.91. The quantitative estimate of drug-likeness (QED) is 0.861. The molecule has 1 aromatic heterocycles. The third kappa shape index (κ3) is 4.19. The average molecular weight is 374 g/mol. The molecule has 7 nitrogen and oxygen atoms in total. The minimum Gasteiger partial charge on any atom is -0.338 e. The molecule has 26 heavy (non-hydrogen) atoms. The van der Waals surface area contributed by atoms with Crippen LogP contribution < -0.4 is 5.32 Å². The van der Waals surface area contributed by atoms with Gasteiger partial charge < -0.3 is 10.2 Å². The number of amides is 1. The SMILES string of the molecule is CCc1ccc(Nc2ncc(C(=O)N(C)C3CCS(=O)(=O)C3)cn2)cc1. The van der Waals surface area contributed by atoms with E-state index in [9.17, 15) is 13.2 Å². The van der Waals surface area contributed by atoms with Gasteiger partial charge in [0.2, 0.25) is 5.95 Å². The van der Waals surface area contributed by atoms with Crippen LogP contribution in [0.15, 0.2) is 36.7 Å². The van der Waals surface area contributed by atoms with Crippen LogP contribution in [0.4, 0.5) is 11.6 Å². The standard InChI is InChI=1S/C18H22N4O3S/c1-3-13-4-6-15(7-5-13)21-18-19-10-14(11-20-18)17(23)22(2)16-8-9-26(24,25)12-16/h4-7,10-11,16H,3,8-9,12H2,1-2H3,(H,19,20,21). The molecule has 8 heteroatoms. The van der Waals surface area contributed by atoms with Crippen LogP contribution in [0.1, 0.15) is 29.3 Å². The van der Waals surface area contributed by atoms with Gasteiger partial charge in [0.15, 0.2) is 9.84 Å². The summed E-state index contributed by atoms with van der Waals surface area (Å²) in [6, 6.07) is 7.68. The van der Waals surface area contributed by atoms with Crippen molar-refractivity contribution < 1.29 is 13.2 Å². The molecule has 0 saturated carbocycles. The Morgan fingerprint density at radius 2 is 1.88 bits per heavy atom. The summed E-state index contributed by atoms with van der Waals surface area (Å²) in [5.74, 6) is 0.275. The number of anilines is 2. The van der Waals surface area contributed by atoms with Gasteiger partial charge >= 0.3 is 0 Å². The molecule has 1 atom stereocenters. The molecule has 1 saturated heterocycles. The summed E-state index contributed by atoms with van der Waals surface area (Å²) in [4.78, 5) is 22.4. The van der Waals surface area contributed by atoms with Crippen LogP contribution in [0.2, 0.25) is 0 Å². The molecule has 1 fully saturated rings. The van der Waals surface area contributed by atoms with Gasteiger partial charge in [0, 0.05) is 31.2 Å². The molecule has 1 aliphatic rings. The number of hydrogen-bond donors (Lipinski definition) is 1. The van der Waals surface area contributed by atoms with E-state index < -0.39 is 9.84 Å². The molecule has 3 rings (SSSR count). The Morgan fingerprint density at radius 3 is 2.42 bits per heavy atom. The molecule has 0 radical (unpaired) electrons. The Morgan fingerprint density at radius 1 is 1.23 bits per heavy atom. The second-order valence-electron chi connectivity index (χ2n) is 6.44. The Balaban J connectivity index is 1.65. The fourth-order valence-corrected chi connectivity index (χ4v) is 4.68. The summed E-state index contributed by atoms with van der Waals surface area (Å²) in [7, 11) is -1.42. The maximum absolute atomic E-state index is 12.5. The number of benzene rings is 1. The molecule has 2 heterocycles. The van der Waals surface area contributed by atoms with E-state index in [1.54, 1.807) is 7.05 Å². The van der Waals surface area contributed by atoms with E-state index in [4.69, 9.17) is 0 Å². The lowest BCUT2D eigenvalue weighted by molar-refractivity contribution is 0.0747. The maximum Gasteiger partial charge on any atom is 0.257 e. The molecule has 0 aliphatic carbocycles. The summed E-state index contributed by atoms with van der Waals surface area (Å²) in [5.41, 5.74) is 2.45.